The van der Waals surface area contributed by atoms with Gasteiger partial charge in [0.15, 0.2) is 5.16 Å². The summed E-state index contributed by atoms with van der Waals surface area (Å²) in [5, 5.41) is 0.760. The Morgan fingerprint density at radius 3 is 2.68 bits per heavy atom. The van der Waals surface area contributed by atoms with Gasteiger partial charge in [-0.1, -0.05) is 25.6 Å². The third kappa shape index (κ3) is 2.95. The van der Waals surface area contributed by atoms with E-state index >= 15 is 0 Å². The van der Waals surface area contributed by atoms with Crippen LogP contribution in [0.25, 0.3) is 0 Å². The monoisotopic (exact) mass is 281 g/mol. The SMILES string of the molecule is CCC1(CC)CCN(c2cc(NN)nc(SC)n2)C1. The molecule has 0 aromatic carbocycles. The zero-order valence-electron chi connectivity index (χ0n) is 11.9. The first-order valence-corrected chi connectivity index (χ1v) is 8.03. The van der Waals surface area contributed by atoms with Gasteiger partial charge in [-0.2, -0.15) is 0 Å². The van der Waals surface area contributed by atoms with E-state index in [-0.39, 0.29) is 0 Å². The van der Waals surface area contributed by atoms with Gasteiger partial charge in [-0.25, -0.2) is 15.8 Å². The molecule has 6 heteroatoms. The van der Waals surface area contributed by atoms with Crippen LogP contribution in [0.4, 0.5) is 11.6 Å². The van der Waals surface area contributed by atoms with E-state index in [9.17, 15) is 0 Å². The fourth-order valence-corrected chi connectivity index (χ4v) is 3.07. The van der Waals surface area contributed by atoms with Crippen molar-refractivity contribution in [1.29, 1.82) is 0 Å². The fraction of sp³-hybridized carbons (Fsp3) is 0.692. The lowest BCUT2D eigenvalue weighted by Crippen LogP contribution is -2.27. The van der Waals surface area contributed by atoms with E-state index in [2.05, 4.69) is 34.1 Å². The maximum absolute atomic E-state index is 5.48. The number of nitrogens with one attached hydrogen (secondary N) is 1. The highest BCUT2D eigenvalue weighted by Crippen LogP contribution is 2.39. The number of nitrogen functional groups attached to an aromatic ring is 1. The minimum absolute atomic E-state index is 0.445. The molecule has 1 aromatic rings. The van der Waals surface area contributed by atoms with Crippen LogP contribution in [0.2, 0.25) is 0 Å². The van der Waals surface area contributed by atoms with Crippen LogP contribution in [-0.2, 0) is 0 Å². The number of hydrogen-bond acceptors (Lipinski definition) is 6. The van der Waals surface area contributed by atoms with E-state index in [0.717, 1.165) is 24.1 Å². The Kier molecular flexibility index (Phi) is 4.52. The number of anilines is 2. The van der Waals surface area contributed by atoms with E-state index < -0.39 is 0 Å². The van der Waals surface area contributed by atoms with Crippen molar-refractivity contribution in [3.05, 3.63) is 6.07 Å². The van der Waals surface area contributed by atoms with E-state index in [4.69, 9.17) is 5.84 Å². The van der Waals surface area contributed by atoms with Crippen molar-refractivity contribution in [2.75, 3.05) is 29.7 Å². The van der Waals surface area contributed by atoms with Crippen LogP contribution < -0.4 is 16.2 Å². The quantitative estimate of drug-likeness (QED) is 0.374. The summed E-state index contributed by atoms with van der Waals surface area (Å²) in [6.07, 6.45) is 5.67. The lowest BCUT2D eigenvalue weighted by atomic mass is 9.82. The van der Waals surface area contributed by atoms with Crippen molar-refractivity contribution in [2.45, 2.75) is 38.3 Å². The third-order valence-electron chi connectivity index (χ3n) is 4.28. The van der Waals surface area contributed by atoms with Crippen LogP contribution in [-0.4, -0.2) is 29.3 Å². The molecule has 0 saturated carbocycles. The Bertz CT molecular complexity index is 411. The first-order chi connectivity index (χ1) is 9.16. The zero-order chi connectivity index (χ0) is 13.9. The molecule has 1 aliphatic heterocycles. The Hall–Kier alpha value is -1.01. The maximum atomic E-state index is 5.48. The number of thioether (sulfide) groups is 1. The number of aromatic nitrogens is 2. The predicted molar refractivity (Wildman–Crippen MR) is 81.5 cm³/mol. The van der Waals surface area contributed by atoms with Crippen LogP contribution in [0.3, 0.4) is 0 Å². The van der Waals surface area contributed by atoms with Gasteiger partial charge in [-0.15, -0.1) is 0 Å². The standard InChI is InChI=1S/C13H23N5S/c1-4-13(5-2)6-7-18(9-13)11-8-10(17-14)15-12(16-11)19-3/h8H,4-7,9,14H2,1-3H3,(H,15,16,17). The first-order valence-electron chi connectivity index (χ1n) is 6.81. The predicted octanol–water partition coefficient (Wildman–Crippen LogP) is 2.50. The molecule has 1 fully saturated rings. The molecule has 5 nitrogen and oxygen atoms in total. The Balaban J connectivity index is 2.23. The van der Waals surface area contributed by atoms with Crippen molar-refractivity contribution < 1.29 is 0 Å². The summed E-state index contributed by atoms with van der Waals surface area (Å²) in [6, 6.07) is 1.93. The molecule has 0 spiro atoms. The molecule has 0 amide bonds. The van der Waals surface area contributed by atoms with Crippen molar-refractivity contribution in [3.8, 4) is 0 Å². The molecule has 0 aliphatic carbocycles. The van der Waals surface area contributed by atoms with Crippen molar-refractivity contribution in [2.24, 2.45) is 11.3 Å². The number of nitrogens with two attached hydrogens (primary N) is 1. The average Bonchev–Trinajstić information content (AvgIpc) is 2.92. The molecule has 1 aromatic heterocycles. The summed E-state index contributed by atoms with van der Waals surface area (Å²) in [5.74, 6) is 7.14. The summed E-state index contributed by atoms with van der Waals surface area (Å²) in [4.78, 5) is 11.3. The van der Waals surface area contributed by atoms with Crippen molar-refractivity contribution >= 4 is 23.4 Å². The molecule has 1 aliphatic rings. The highest BCUT2D eigenvalue weighted by atomic mass is 32.2. The molecule has 19 heavy (non-hydrogen) atoms. The van der Waals surface area contributed by atoms with Gasteiger partial charge in [0.2, 0.25) is 0 Å². The van der Waals surface area contributed by atoms with E-state index in [1.165, 1.54) is 31.0 Å². The molecule has 0 bridgehead atoms. The highest BCUT2D eigenvalue weighted by molar-refractivity contribution is 7.98. The minimum atomic E-state index is 0.445. The molecule has 2 heterocycles. The zero-order valence-corrected chi connectivity index (χ0v) is 12.8. The normalized spacial score (nSPS) is 17.8. The number of hydrogen-bond donors (Lipinski definition) is 2. The molecule has 0 radical (unpaired) electrons. The van der Waals surface area contributed by atoms with Crippen molar-refractivity contribution in [1.82, 2.24) is 9.97 Å². The van der Waals surface area contributed by atoms with Crippen LogP contribution in [0.15, 0.2) is 11.2 Å². The van der Waals surface area contributed by atoms with Crippen LogP contribution in [0.1, 0.15) is 33.1 Å². The van der Waals surface area contributed by atoms with E-state index in [1.807, 2.05) is 12.3 Å². The van der Waals surface area contributed by atoms with Crippen LogP contribution in [0, 0.1) is 5.41 Å². The van der Waals surface area contributed by atoms with Gasteiger partial charge in [0.25, 0.3) is 0 Å². The Morgan fingerprint density at radius 2 is 2.16 bits per heavy atom. The van der Waals surface area contributed by atoms with Gasteiger partial charge in [0, 0.05) is 19.2 Å². The number of rotatable bonds is 5. The van der Waals surface area contributed by atoms with E-state index in [1.54, 1.807) is 0 Å². The molecular weight excluding hydrogens is 258 g/mol. The lowest BCUT2D eigenvalue weighted by molar-refractivity contribution is 0.301. The number of hydrazine groups is 1. The first kappa shape index (κ1) is 14.4. The number of nitrogens with zero attached hydrogens (tertiary/aromatic N) is 3. The van der Waals surface area contributed by atoms with Gasteiger partial charge < -0.3 is 10.3 Å². The molecule has 1 saturated heterocycles. The van der Waals surface area contributed by atoms with E-state index in [0.29, 0.717) is 11.2 Å². The molecule has 3 N–H and O–H groups in total. The van der Waals surface area contributed by atoms with Gasteiger partial charge in [-0.3, -0.25) is 0 Å². The van der Waals surface area contributed by atoms with Crippen LogP contribution >= 0.6 is 11.8 Å². The maximum Gasteiger partial charge on any atom is 0.191 e. The Morgan fingerprint density at radius 1 is 1.42 bits per heavy atom. The summed E-state index contributed by atoms with van der Waals surface area (Å²) >= 11 is 1.54. The highest BCUT2D eigenvalue weighted by Gasteiger charge is 2.35. The van der Waals surface area contributed by atoms with Gasteiger partial charge >= 0.3 is 0 Å². The summed E-state index contributed by atoms with van der Waals surface area (Å²) in [7, 11) is 0. The summed E-state index contributed by atoms with van der Waals surface area (Å²) < 4.78 is 0. The fourth-order valence-electron chi connectivity index (χ4n) is 2.70. The molecule has 106 valence electrons. The molecule has 0 unspecified atom stereocenters. The van der Waals surface area contributed by atoms with Gasteiger partial charge in [0.05, 0.1) is 0 Å². The molecule has 0 atom stereocenters. The molecular formula is C13H23N5S. The third-order valence-corrected chi connectivity index (χ3v) is 4.83. The van der Waals surface area contributed by atoms with Gasteiger partial charge in [0.1, 0.15) is 11.6 Å². The van der Waals surface area contributed by atoms with Crippen molar-refractivity contribution in [3.63, 3.8) is 0 Å². The van der Waals surface area contributed by atoms with Gasteiger partial charge in [-0.05, 0) is 30.9 Å². The largest absolute Gasteiger partial charge is 0.356 e. The lowest BCUT2D eigenvalue weighted by Gasteiger charge is -2.26. The smallest absolute Gasteiger partial charge is 0.191 e. The average molecular weight is 281 g/mol. The topological polar surface area (TPSA) is 67.1 Å². The summed E-state index contributed by atoms with van der Waals surface area (Å²) in [6.45, 7) is 6.71. The second-order valence-electron chi connectivity index (χ2n) is 5.12. The molecule has 2 rings (SSSR count). The minimum Gasteiger partial charge on any atom is -0.356 e. The van der Waals surface area contributed by atoms with Crippen LogP contribution in [0.5, 0.6) is 0 Å². The second-order valence-corrected chi connectivity index (χ2v) is 5.89. The summed E-state index contributed by atoms with van der Waals surface area (Å²) in [5.41, 5.74) is 3.07. The second kappa shape index (κ2) is 5.96. The Labute approximate surface area is 119 Å².